The number of hydrogen-bond acceptors (Lipinski definition) is 5. The van der Waals surface area contributed by atoms with Gasteiger partial charge >= 0.3 is 5.97 Å². The number of carboxylic acid groups (broad SMARTS) is 1. The summed E-state index contributed by atoms with van der Waals surface area (Å²) in [6.45, 7) is 0.721. The summed E-state index contributed by atoms with van der Waals surface area (Å²) in [4.78, 5) is 11.3. The van der Waals surface area contributed by atoms with E-state index in [1.165, 1.54) is 5.75 Å². The van der Waals surface area contributed by atoms with Crippen molar-refractivity contribution >= 4 is 40.5 Å². The van der Waals surface area contributed by atoms with Crippen LogP contribution in [0.25, 0.3) is 11.0 Å². The van der Waals surface area contributed by atoms with Crippen molar-refractivity contribution in [3.05, 3.63) is 23.8 Å². The van der Waals surface area contributed by atoms with Crippen molar-refractivity contribution in [3.8, 4) is 0 Å². The molecule has 1 unspecified atom stereocenters. The van der Waals surface area contributed by atoms with E-state index < -0.39 is 5.97 Å². The third kappa shape index (κ3) is 2.57. The number of thioether (sulfide) groups is 2. The second kappa shape index (κ2) is 5.42. The molecule has 0 spiro atoms. The molecular formula is C12H13N3O2S2. The van der Waals surface area contributed by atoms with Gasteiger partial charge in [0.2, 0.25) is 0 Å². The van der Waals surface area contributed by atoms with Crippen molar-refractivity contribution in [2.45, 2.75) is 11.8 Å². The number of hydrogen-bond donors (Lipinski definition) is 1. The van der Waals surface area contributed by atoms with Crippen molar-refractivity contribution < 1.29 is 9.90 Å². The molecule has 1 aliphatic rings. The second-order valence-corrected chi connectivity index (χ2v) is 6.88. The summed E-state index contributed by atoms with van der Waals surface area (Å²) < 4.78 is 1.74. The summed E-state index contributed by atoms with van der Waals surface area (Å²) in [5.74, 6) is 2.49. The molecule has 7 heteroatoms. The van der Waals surface area contributed by atoms with Gasteiger partial charge in [-0.2, -0.15) is 23.5 Å². The van der Waals surface area contributed by atoms with Crippen LogP contribution >= 0.6 is 23.5 Å². The number of aromatic carboxylic acids is 1. The smallest absolute Gasteiger partial charge is 0.337 e. The summed E-state index contributed by atoms with van der Waals surface area (Å²) >= 11 is 3.87. The number of aromatic nitrogens is 3. The zero-order chi connectivity index (χ0) is 13.2. The molecule has 0 amide bonds. The molecule has 1 fully saturated rings. The molecule has 3 rings (SSSR count). The van der Waals surface area contributed by atoms with Crippen LogP contribution in [0, 0.1) is 0 Å². The lowest BCUT2D eigenvalue weighted by Gasteiger charge is -2.20. The van der Waals surface area contributed by atoms with Gasteiger partial charge in [0.05, 0.1) is 12.1 Å². The first-order valence-electron chi connectivity index (χ1n) is 6.00. The highest BCUT2D eigenvalue weighted by Gasteiger charge is 2.19. The van der Waals surface area contributed by atoms with Crippen LogP contribution in [0.1, 0.15) is 10.4 Å². The lowest BCUT2D eigenvalue weighted by Crippen LogP contribution is -2.21. The zero-order valence-electron chi connectivity index (χ0n) is 10.2. The monoisotopic (exact) mass is 295 g/mol. The molecule has 1 aromatic carbocycles. The van der Waals surface area contributed by atoms with Crippen LogP contribution in [0.15, 0.2) is 18.2 Å². The summed E-state index contributed by atoms with van der Waals surface area (Å²) in [5.41, 5.74) is 1.55. The molecule has 100 valence electrons. The van der Waals surface area contributed by atoms with Gasteiger partial charge < -0.3 is 5.11 Å². The van der Waals surface area contributed by atoms with Crippen molar-refractivity contribution in [1.29, 1.82) is 0 Å². The minimum absolute atomic E-state index is 0.274. The first kappa shape index (κ1) is 12.8. The number of fused-ring (bicyclic) bond motifs is 1. The quantitative estimate of drug-likeness (QED) is 0.934. The predicted molar refractivity (Wildman–Crippen MR) is 78.1 cm³/mol. The maximum absolute atomic E-state index is 11.3. The number of nitrogens with zero attached hydrogens (tertiary/aromatic N) is 3. The van der Waals surface area contributed by atoms with Crippen LogP contribution in [0.5, 0.6) is 0 Å². The SMILES string of the molecule is O=C(O)c1cccc2nnn(CC3CSCCS3)c12. The van der Waals surface area contributed by atoms with E-state index in [4.69, 9.17) is 0 Å². The molecule has 1 aromatic heterocycles. The molecule has 1 N–H and O–H groups in total. The Morgan fingerprint density at radius 1 is 1.47 bits per heavy atom. The Kier molecular flexibility index (Phi) is 3.65. The fourth-order valence-corrected chi connectivity index (χ4v) is 4.81. The average molecular weight is 295 g/mol. The number of benzene rings is 1. The van der Waals surface area contributed by atoms with E-state index >= 15 is 0 Å². The molecule has 1 saturated heterocycles. The van der Waals surface area contributed by atoms with E-state index in [1.54, 1.807) is 22.9 Å². The third-order valence-electron chi connectivity index (χ3n) is 3.03. The van der Waals surface area contributed by atoms with Gasteiger partial charge in [0.1, 0.15) is 11.0 Å². The van der Waals surface area contributed by atoms with Gasteiger partial charge in [0.15, 0.2) is 0 Å². The zero-order valence-corrected chi connectivity index (χ0v) is 11.8. The minimum Gasteiger partial charge on any atom is -0.478 e. The lowest BCUT2D eigenvalue weighted by molar-refractivity contribution is 0.0698. The second-order valence-electron chi connectivity index (χ2n) is 4.32. The van der Waals surface area contributed by atoms with Gasteiger partial charge in [-0.1, -0.05) is 11.3 Å². The minimum atomic E-state index is -0.931. The molecule has 0 aliphatic carbocycles. The first-order chi connectivity index (χ1) is 9.25. The summed E-state index contributed by atoms with van der Waals surface area (Å²) in [7, 11) is 0. The Bertz CT molecular complexity index is 608. The molecule has 2 aromatic rings. The van der Waals surface area contributed by atoms with Crippen LogP contribution in [-0.4, -0.2) is 48.6 Å². The lowest BCUT2D eigenvalue weighted by atomic mass is 10.2. The summed E-state index contributed by atoms with van der Waals surface area (Å²) in [6, 6.07) is 5.11. The van der Waals surface area contributed by atoms with E-state index in [9.17, 15) is 9.90 Å². The molecule has 0 bridgehead atoms. The first-order valence-corrected chi connectivity index (χ1v) is 8.21. The van der Waals surface area contributed by atoms with Crippen LogP contribution in [0.3, 0.4) is 0 Å². The van der Waals surface area contributed by atoms with E-state index in [1.807, 2.05) is 23.5 Å². The van der Waals surface area contributed by atoms with Gasteiger partial charge in [-0.05, 0) is 12.1 Å². The number of carboxylic acids is 1. The number of para-hydroxylation sites is 1. The topological polar surface area (TPSA) is 68.0 Å². The highest BCUT2D eigenvalue weighted by molar-refractivity contribution is 8.06. The maximum Gasteiger partial charge on any atom is 0.337 e. The van der Waals surface area contributed by atoms with Crippen LogP contribution < -0.4 is 0 Å². The van der Waals surface area contributed by atoms with Crippen molar-refractivity contribution in [1.82, 2.24) is 15.0 Å². The highest BCUT2D eigenvalue weighted by Crippen LogP contribution is 2.26. The predicted octanol–water partition coefficient (Wildman–Crippen LogP) is 1.98. The Balaban J connectivity index is 1.96. The molecule has 1 aliphatic heterocycles. The number of rotatable bonds is 3. The molecule has 0 radical (unpaired) electrons. The van der Waals surface area contributed by atoms with Crippen molar-refractivity contribution in [2.24, 2.45) is 0 Å². The fourth-order valence-electron chi connectivity index (χ4n) is 2.17. The average Bonchev–Trinajstić information content (AvgIpc) is 2.83. The largest absolute Gasteiger partial charge is 0.478 e. The maximum atomic E-state index is 11.3. The highest BCUT2D eigenvalue weighted by atomic mass is 32.2. The van der Waals surface area contributed by atoms with E-state index in [0.29, 0.717) is 16.3 Å². The van der Waals surface area contributed by atoms with Gasteiger partial charge in [-0.15, -0.1) is 5.10 Å². The standard InChI is InChI=1S/C12H13N3O2S2/c16-12(17)9-2-1-3-10-11(9)15(14-13-10)6-8-7-18-4-5-19-8/h1-3,8H,4-7H2,(H,16,17). The molecule has 5 nitrogen and oxygen atoms in total. The molecule has 19 heavy (non-hydrogen) atoms. The van der Waals surface area contributed by atoms with E-state index in [-0.39, 0.29) is 5.56 Å². The molecular weight excluding hydrogens is 282 g/mol. The van der Waals surface area contributed by atoms with Crippen LogP contribution in [0.4, 0.5) is 0 Å². The van der Waals surface area contributed by atoms with Crippen LogP contribution in [0.2, 0.25) is 0 Å². The normalized spacial score (nSPS) is 19.7. The van der Waals surface area contributed by atoms with E-state index in [2.05, 4.69) is 10.3 Å². The van der Waals surface area contributed by atoms with Gasteiger partial charge in [0, 0.05) is 22.5 Å². The van der Waals surface area contributed by atoms with Gasteiger partial charge in [0.25, 0.3) is 0 Å². The summed E-state index contributed by atoms with van der Waals surface area (Å²) in [5, 5.41) is 17.9. The van der Waals surface area contributed by atoms with Crippen molar-refractivity contribution in [2.75, 3.05) is 17.3 Å². The molecule has 2 heterocycles. The van der Waals surface area contributed by atoms with Gasteiger partial charge in [-0.25, -0.2) is 9.48 Å². The molecule has 0 saturated carbocycles. The van der Waals surface area contributed by atoms with Crippen molar-refractivity contribution in [3.63, 3.8) is 0 Å². The van der Waals surface area contributed by atoms with Gasteiger partial charge in [-0.3, -0.25) is 0 Å². The van der Waals surface area contributed by atoms with E-state index in [0.717, 1.165) is 18.1 Å². The fraction of sp³-hybridized carbons (Fsp3) is 0.417. The Hall–Kier alpha value is -1.21. The van der Waals surface area contributed by atoms with Crippen LogP contribution in [-0.2, 0) is 6.54 Å². The third-order valence-corrected chi connectivity index (χ3v) is 5.85. The Labute approximate surface area is 118 Å². The molecule has 1 atom stereocenters. The summed E-state index contributed by atoms with van der Waals surface area (Å²) in [6.07, 6.45) is 0. The number of carbonyl (C=O) groups is 1. The Morgan fingerprint density at radius 2 is 2.37 bits per heavy atom. The Morgan fingerprint density at radius 3 is 3.11 bits per heavy atom.